The van der Waals surface area contributed by atoms with Gasteiger partial charge in [-0.15, -0.1) is 0 Å². The highest BCUT2D eigenvalue weighted by Gasteiger charge is 2.09. The van der Waals surface area contributed by atoms with Crippen LogP contribution in [0.3, 0.4) is 0 Å². The van der Waals surface area contributed by atoms with Gasteiger partial charge in [0.1, 0.15) is 11.5 Å². The van der Waals surface area contributed by atoms with Crippen LogP contribution in [-0.4, -0.2) is 19.6 Å². The van der Waals surface area contributed by atoms with Crippen molar-refractivity contribution in [3.05, 3.63) is 58.6 Å². The van der Waals surface area contributed by atoms with E-state index in [1.54, 1.807) is 18.2 Å². The number of carbonyl (C=O) groups excluding carboxylic acids is 1. The number of anilines is 1. The molecule has 0 saturated heterocycles. The summed E-state index contributed by atoms with van der Waals surface area (Å²) in [5.74, 6) is 1.03. The Bertz CT molecular complexity index is 787. The SMILES string of the molecule is CCCCOc1ccccc1/C=C/C(=O)Nc1cc(C)c(Cl)cc1OC. The highest BCUT2D eigenvalue weighted by Crippen LogP contribution is 2.31. The maximum atomic E-state index is 12.3. The molecule has 5 heteroatoms. The van der Waals surface area contributed by atoms with Crippen molar-refractivity contribution in [3.63, 3.8) is 0 Å². The number of benzene rings is 2. The van der Waals surface area contributed by atoms with Crippen molar-refractivity contribution in [1.82, 2.24) is 0 Å². The molecule has 0 aliphatic rings. The van der Waals surface area contributed by atoms with Crippen LogP contribution in [-0.2, 0) is 4.79 Å². The van der Waals surface area contributed by atoms with Crippen molar-refractivity contribution >= 4 is 29.3 Å². The maximum absolute atomic E-state index is 12.3. The Labute approximate surface area is 159 Å². The molecule has 0 radical (unpaired) electrons. The second-order valence-corrected chi connectivity index (χ2v) is 6.27. The van der Waals surface area contributed by atoms with Gasteiger partial charge in [0.2, 0.25) is 5.91 Å². The minimum Gasteiger partial charge on any atom is -0.495 e. The van der Waals surface area contributed by atoms with E-state index in [1.807, 2.05) is 31.2 Å². The van der Waals surface area contributed by atoms with Crippen LogP contribution in [0, 0.1) is 6.92 Å². The Hall–Kier alpha value is -2.46. The number of para-hydroxylation sites is 1. The molecule has 0 spiro atoms. The van der Waals surface area contributed by atoms with E-state index >= 15 is 0 Å². The third kappa shape index (κ3) is 5.53. The molecule has 26 heavy (non-hydrogen) atoms. The molecule has 0 bridgehead atoms. The second kappa shape index (κ2) is 9.88. The molecule has 0 unspecified atom stereocenters. The van der Waals surface area contributed by atoms with Gasteiger partial charge in [-0.1, -0.05) is 43.1 Å². The topological polar surface area (TPSA) is 47.6 Å². The van der Waals surface area contributed by atoms with Gasteiger partial charge in [0, 0.05) is 22.7 Å². The summed E-state index contributed by atoms with van der Waals surface area (Å²) in [5, 5.41) is 3.41. The number of ether oxygens (including phenoxy) is 2. The fourth-order valence-electron chi connectivity index (χ4n) is 2.35. The summed E-state index contributed by atoms with van der Waals surface area (Å²) >= 11 is 6.09. The van der Waals surface area contributed by atoms with Gasteiger partial charge >= 0.3 is 0 Å². The standard InChI is InChI=1S/C21H24ClNO3/c1-4-5-12-26-19-9-7-6-8-16(19)10-11-21(24)23-18-13-15(2)17(22)14-20(18)25-3/h6-11,13-14H,4-5,12H2,1-3H3,(H,23,24)/b11-10+. The largest absolute Gasteiger partial charge is 0.495 e. The van der Waals surface area contributed by atoms with Crippen molar-refractivity contribution < 1.29 is 14.3 Å². The Kier molecular flexibility index (Phi) is 7.54. The average Bonchev–Trinajstić information content (AvgIpc) is 2.64. The van der Waals surface area contributed by atoms with E-state index in [0.717, 1.165) is 29.7 Å². The van der Waals surface area contributed by atoms with Crippen LogP contribution in [0.4, 0.5) is 5.69 Å². The zero-order valence-electron chi connectivity index (χ0n) is 15.3. The van der Waals surface area contributed by atoms with Crippen molar-refractivity contribution in [1.29, 1.82) is 0 Å². The third-order valence-corrected chi connectivity index (χ3v) is 4.23. The van der Waals surface area contributed by atoms with E-state index < -0.39 is 0 Å². The molecule has 4 nitrogen and oxygen atoms in total. The van der Waals surface area contributed by atoms with Crippen LogP contribution >= 0.6 is 11.6 Å². The minimum atomic E-state index is -0.256. The predicted molar refractivity (Wildman–Crippen MR) is 107 cm³/mol. The summed E-state index contributed by atoms with van der Waals surface area (Å²) in [5.41, 5.74) is 2.30. The predicted octanol–water partition coefficient (Wildman–Crippen LogP) is 5.49. The van der Waals surface area contributed by atoms with Gasteiger partial charge in [0.15, 0.2) is 0 Å². The first-order valence-corrected chi connectivity index (χ1v) is 8.98. The van der Waals surface area contributed by atoms with Gasteiger partial charge in [0.25, 0.3) is 0 Å². The first kappa shape index (κ1) is 19.9. The van der Waals surface area contributed by atoms with Crippen LogP contribution in [0.25, 0.3) is 6.08 Å². The highest BCUT2D eigenvalue weighted by atomic mass is 35.5. The number of halogens is 1. The number of methoxy groups -OCH3 is 1. The average molecular weight is 374 g/mol. The van der Waals surface area contributed by atoms with E-state index in [4.69, 9.17) is 21.1 Å². The first-order chi connectivity index (χ1) is 12.5. The number of nitrogens with one attached hydrogen (secondary N) is 1. The molecular weight excluding hydrogens is 350 g/mol. The molecular formula is C21H24ClNO3. The Morgan fingerprint density at radius 3 is 2.73 bits per heavy atom. The summed E-state index contributed by atoms with van der Waals surface area (Å²) in [4.78, 5) is 12.3. The lowest BCUT2D eigenvalue weighted by Crippen LogP contribution is -2.09. The number of amides is 1. The molecule has 2 rings (SSSR count). The fourth-order valence-corrected chi connectivity index (χ4v) is 2.50. The number of aryl methyl sites for hydroxylation is 1. The Morgan fingerprint density at radius 2 is 2.00 bits per heavy atom. The van der Waals surface area contributed by atoms with Crippen LogP contribution < -0.4 is 14.8 Å². The van der Waals surface area contributed by atoms with Crippen LogP contribution in [0.5, 0.6) is 11.5 Å². The molecule has 1 N–H and O–H groups in total. The molecule has 138 valence electrons. The molecule has 0 fully saturated rings. The smallest absolute Gasteiger partial charge is 0.248 e. The van der Waals surface area contributed by atoms with Crippen molar-refractivity contribution in [3.8, 4) is 11.5 Å². The summed E-state index contributed by atoms with van der Waals surface area (Å²) in [6.07, 6.45) is 5.29. The lowest BCUT2D eigenvalue weighted by atomic mass is 10.1. The molecule has 0 saturated carbocycles. The number of unbranched alkanes of at least 4 members (excludes halogenated alkanes) is 1. The highest BCUT2D eigenvalue weighted by molar-refractivity contribution is 6.31. The van der Waals surface area contributed by atoms with E-state index in [9.17, 15) is 4.79 Å². The Balaban J connectivity index is 2.10. The molecule has 1 amide bonds. The van der Waals surface area contributed by atoms with Gasteiger partial charge in [-0.05, 0) is 37.1 Å². The van der Waals surface area contributed by atoms with Crippen molar-refractivity contribution in [2.45, 2.75) is 26.7 Å². The van der Waals surface area contributed by atoms with Crippen LogP contribution in [0.1, 0.15) is 30.9 Å². The molecule has 0 aromatic heterocycles. The number of carbonyl (C=O) groups is 1. The van der Waals surface area contributed by atoms with E-state index in [0.29, 0.717) is 23.1 Å². The Morgan fingerprint density at radius 1 is 1.23 bits per heavy atom. The minimum absolute atomic E-state index is 0.256. The second-order valence-electron chi connectivity index (χ2n) is 5.86. The summed E-state index contributed by atoms with van der Waals surface area (Å²) < 4.78 is 11.1. The van der Waals surface area contributed by atoms with E-state index in [-0.39, 0.29) is 5.91 Å². The zero-order valence-corrected chi connectivity index (χ0v) is 16.1. The zero-order chi connectivity index (χ0) is 18.9. The molecule has 2 aromatic carbocycles. The van der Waals surface area contributed by atoms with E-state index in [2.05, 4.69) is 12.2 Å². The first-order valence-electron chi connectivity index (χ1n) is 8.60. The van der Waals surface area contributed by atoms with Gasteiger partial charge in [-0.25, -0.2) is 0 Å². The molecule has 2 aromatic rings. The molecule has 0 atom stereocenters. The number of rotatable bonds is 8. The summed E-state index contributed by atoms with van der Waals surface area (Å²) in [6, 6.07) is 11.1. The normalized spacial score (nSPS) is 10.8. The van der Waals surface area contributed by atoms with Crippen LogP contribution in [0.2, 0.25) is 5.02 Å². The van der Waals surface area contributed by atoms with E-state index in [1.165, 1.54) is 13.2 Å². The quantitative estimate of drug-likeness (QED) is 0.491. The van der Waals surface area contributed by atoms with Gasteiger partial charge < -0.3 is 14.8 Å². The lowest BCUT2D eigenvalue weighted by molar-refractivity contribution is -0.111. The monoisotopic (exact) mass is 373 g/mol. The summed E-state index contributed by atoms with van der Waals surface area (Å²) in [6.45, 7) is 4.65. The van der Waals surface area contributed by atoms with Crippen molar-refractivity contribution in [2.75, 3.05) is 19.0 Å². The van der Waals surface area contributed by atoms with Gasteiger partial charge in [-0.3, -0.25) is 4.79 Å². The molecule has 0 aliphatic heterocycles. The number of hydrogen-bond acceptors (Lipinski definition) is 3. The molecule has 0 aliphatic carbocycles. The summed E-state index contributed by atoms with van der Waals surface area (Å²) in [7, 11) is 1.54. The fraction of sp³-hybridized carbons (Fsp3) is 0.286. The third-order valence-electron chi connectivity index (χ3n) is 3.83. The number of hydrogen-bond donors (Lipinski definition) is 1. The van der Waals surface area contributed by atoms with Crippen LogP contribution in [0.15, 0.2) is 42.5 Å². The van der Waals surface area contributed by atoms with Crippen molar-refractivity contribution in [2.24, 2.45) is 0 Å². The molecule has 0 heterocycles. The van der Waals surface area contributed by atoms with Gasteiger partial charge in [0.05, 0.1) is 19.4 Å². The maximum Gasteiger partial charge on any atom is 0.248 e. The lowest BCUT2D eigenvalue weighted by Gasteiger charge is -2.11. The van der Waals surface area contributed by atoms with Gasteiger partial charge in [-0.2, -0.15) is 0 Å².